The predicted octanol–water partition coefficient (Wildman–Crippen LogP) is 3.43. The first-order valence-electron chi connectivity index (χ1n) is 8.18. The summed E-state index contributed by atoms with van der Waals surface area (Å²) < 4.78 is 0. The Labute approximate surface area is 138 Å². The lowest BCUT2D eigenvalue weighted by Gasteiger charge is -2.39. The molecule has 2 aromatic rings. The first-order chi connectivity index (χ1) is 11.1. The lowest BCUT2D eigenvalue weighted by molar-refractivity contribution is 0.0546. The summed E-state index contributed by atoms with van der Waals surface area (Å²) in [6.07, 6.45) is 0. The van der Waals surface area contributed by atoms with Gasteiger partial charge in [0.1, 0.15) is 0 Å². The average molecular weight is 308 g/mol. The highest BCUT2D eigenvalue weighted by atomic mass is 16.2. The molecule has 0 aliphatic carbocycles. The van der Waals surface area contributed by atoms with Crippen LogP contribution < -0.4 is 0 Å². The van der Waals surface area contributed by atoms with Crippen LogP contribution in [0.1, 0.15) is 33.1 Å². The van der Waals surface area contributed by atoms with E-state index in [1.165, 1.54) is 16.7 Å². The smallest absolute Gasteiger partial charge is 0.253 e. The van der Waals surface area contributed by atoms with Crippen LogP contribution in [0.3, 0.4) is 0 Å². The number of nitrogens with zero attached hydrogens (tertiary/aromatic N) is 2. The van der Waals surface area contributed by atoms with Gasteiger partial charge in [-0.05, 0) is 49.7 Å². The third-order valence-electron chi connectivity index (χ3n) is 4.87. The van der Waals surface area contributed by atoms with Gasteiger partial charge < -0.3 is 4.90 Å². The monoisotopic (exact) mass is 308 g/mol. The zero-order valence-corrected chi connectivity index (χ0v) is 14.1. The van der Waals surface area contributed by atoms with E-state index in [0.29, 0.717) is 0 Å². The third kappa shape index (κ3) is 3.30. The topological polar surface area (TPSA) is 23.6 Å². The summed E-state index contributed by atoms with van der Waals surface area (Å²) in [5.74, 6) is 0.141. The van der Waals surface area contributed by atoms with Crippen LogP contribution in [0, 0.1) is 13.8 Å². The molecule has 3 nitrogen and oxygen atoms in total. The highest BCUT2D eigenvalue weighted by Gasteiger charge is 2.28. The van der Waals surface area contributed by atoms with Crippen molar-refractivity contribution < 1.29 is 4.79 Å². The molecule has 1 fully saturated rings. The Balaban J connectivity index is 1.80. The van der Waals surface area contributed by atoms with Crippen LogP contribution in [0.15, 0.2) is 48.5 Å². The molecule has 0 saturated carbocycles. The predicted molar refractivity (Wildman–Crippen MR) is 93.6 cm³/mol. The Morgan fingerprint density at radius 2 is 1.74 bits per heavy atom. The Morgan fingerprint density at radius 3 is 2.43 bits per heavy atom. The maximum atomic E-state index is 12.9. The Kier molecular flexibility index (Phi) is 4.49. The van der Waals surface area contributed by atoms with Crippen LogP contribution in [0.5, 0.6) is 0 Å². The molecule has 3 heteroatoms. The molecular weight excluding hydrogens is 284 g/mol. The number of likely N-dealkylation sites (N-methyl/N-ethyl adjacent to an activating group) is 1. The second-order valence-corrected chi connectivity index (χ2v) is 6.46. The molecule has 120 valence electrons. The van der Waals surface area contributed by atoms with Gasteiger partial charge in [0.2, 0.25) is 0 Å². The highest BCUT2D eigenvalue weighted by Crippen LogP contribution is 2.25. The van der Waals surface area contributed by atoms with E-state index in [-0.39, 0.29) is 11.9 Å². The molecule has 0 spiro atoms. The molecule has 1 amide bonds. The lowest BCUT2D eigenvalue weighted by Crippen LogP contribution is -2.49. The summed E-state index contributed by atoms with van der Waals surface area (Å²) in [6, 6.07) is 16.7. The van der Waals surface area contributed by atoms with Gasteiger partial charge in [-0.1, -0.05) is 36.4 Å². The quantitative estimate of drug-likeness (QED) is 0.848. The third-order valence-corrected chi connectivity index (χ3v) is 4.87. The van der Waals surface area contributed by atoms with Crippen LogP contribution >= 0.6 is 0 Å². The van der Waals surface area contributed by atoms with Gasteiger partial charge in [0.05, 0.1) is 6.04 Å². The lowest BCUT2D eigenvalue weighted by atomic mass is 10.0. The van der Waals surface area contributed by atoms with Crippen molar-refractivity contribution in [1.82, 2.24) is 9.80 Å². The van der Waals surface area contributed by atoms with Crippen molar-refractivity contribution in [3.8, 4) is 0 Å². The van der Waals surface area contributed by atoms with E-state index in [0.717, 1.165) is 25.2 Å². The van der Waals surface area contributed by atoms with Crippen molar-refractivity contribution in [1.29, 1.82) is 0 Å². The molecule has 1 aliphatic heterocycles. The van der Waals surface area contributed by atoms with Gasteiger partial charge in [0.25, 0.3) is 5.91 Å². The number of aryl methyl sites for hydroxylation is 2. The Hall–Kier alpha value is -2.13. The van der Waals surface area contributed by atoms with Crippen molar-refractivity contribution >= 4 is 5.91 Å². The molecule has 1 unspecified atom stereocenters. The van der Waals surface area contributed by atoms with Gasteiger partial charge in [0, 0.05) is 25.2 Å². The first kappa shape index (κ1) is 15.8. The van der Waals surface area contributed by atoms with E-state index in [4.69, 9.17) is 0 Å². The SMILES string of the molecule is Cc1ccc(C(=O)N2CCN(C)C(c3ccccc3)C2)cc1C. The zero-order valence-electron chi connectivity index (χ0n) is 14.1. The van der Waals surface area contributed by atoms with Crippen LogP contribution in [0.2, 0.25) is 0 Å². The van der Waals surface area contributed by atoms with Crippen LogP contribution in [-0.4, -0.2) is 42.4 Å². The molecule has 1 aliphatic rings. The molecule has 0 aromatic heterocycles. The molecule has 1 heterocycles. The molecule has 2 aromatic carbocycles. The van der Waals surface area contributed by atoms with Crippen molar-refractivity contribution in [2.75, 3.05) is 26.7 Å². The Bertz CT molecular complexity index is 696. The highest BCUT2D eigenvalue weighted by molar-refractivity contribution is 5.94. The summed E-state index contributed by atoms with van der Waals surface area (Å²) in [5.41, 5.74) is 4.46. The minimum Gasteiger partial charge on any atom is -0.335 e. The number of piperazine rings is 1. The maximum absolute atomic E-state index is 12.9. The van der Waals surface area contributed by atoms with Gasteiger partial charge in [-0.15, -0.1) is 0 Å². The number of hydrogen-bond donors (Lipinski definition) is 0. The van der Waals surface area contributed by atoms with E-state index in [1.54, 1.807) is 0 Å². The van der Waals surface area contributed by atoms with Crippen molar-refractivity contribution in [3.63, 3.8) is 0 Å². The summed E-state index contributed by atoms with van der Waals surface area (Å²) in [4.78, 5) is 17.2. The normalized spacial score (nSPS) is 18.9. The van der Waals surface area contributed by atoms with Crippen LogP contribution in [0.4, 0.5) is 0 Å². The Morgan fingerprint density at radius 1 is 1.00 bits per heavy atom. The van der Waals surface area contributed by atoms with E-state index in [2.05, 4.69) is 50.1 Å². The molecule has 0 N–H and O–H groups in total. The van der Waals surface area contributed by atoms with E-state index < -0.39 is 0 Å². The molecule has 23 heavy (non-hydrogen) atoms. The number of carbonyl (C=O) groups excluding carboxylic acids is 1. The van der Waals surface area contributed by atoms with Crippen LogP contribution in [0.25, 0.3) is 0 Å². The second kappa shape index (κ2) is 6.55. The van der Waals surface area contributed by atoms with Gasteiger partial charge >= 0.3 is 0 Å². The minimum absolute atomic E-state index is 0.141. The summed E-state index contributed by atoms with van der Waals surface area (Å²) in [5, 5.41) is 0. The average Bonchev–Trinajstić information content (AvgIpc) is 2.58. The molecular formula is C20H24N2O. The van der Waals surface area contributed by atoms with E-state index in [9.17, 15) is 4.79 Å². The van der Waals surface area contributed by atoms with Crippen molar-refractivity contribution in [2.45, 2.75) is 19.9 Å². The van der Waals surface area contributed by atoms with Gasteiger partial charge in [0.15, 0.2) is 0 Å². The fourth-order valence-electron chi connectivity index (χ4n) is 3.15. The molecule has 0 bridgehead atoms. The van der Waals surface area contributed by atoms with Gasteiger partial charge in [-0.2, -0.15) is 0 Å². The molecule has 1 atom stereocenters. The zero-order chi connectivity index (χ0) is 16.4. The van der Waals surface area contributed by atoms with Crippen molar-refractivity contribution in [3.05, 3.63) is 70.8 Å². The molecule has 3 rings (SSSR count). The fraction of sp³-hybridized carbons (Fsp3) is 0.350. The number of hydrogen-bond acceptors (Lipinski definition) is 2. The molecule has 1 saturated heterocycles. The fourth-order valence-corrected chi connectivity index (χ4v) is 3.15. The van der Waals surface area contributed by atoms with Gasteiger partial charge in [-0.25, -0.2) is 0 Å². The van der Waals surface area contributed by atoms with E-state index in [1.807, 2.05) is 29.2 Å². The molecule has 0 radical (unpaired) electrons. The summed E-state index contributed by atoms with van der Waals surface area (Å²) >= 11 is 0. The van der Waals surface area contributed by atoms with Crippen LogP contribution in [-0.2, 0) is 0 Å². The summed E-state index contributed by atoms with van der Waals surface area (Å²) in [7, 11) is 2.13. The standard InChI is InChI=1S/C20H24N2O/c1-15-9-10-18(13-16(15)2)20(23)22-12-11-21(3)19(14-22)17-7-5-4-6-8-17/h4-10,13,19H,11-12,14H2,1-3H3. The number of rotatable bonds is 2. The summed E-state index contributed by atoms with van der Waals surface area (Å²) in [6.45, 7) is 6.56. The number of benzene rings is 2. The first-order valence-corrected chi connectivity index (χ1v) is 8.18. The van der Waals surface area contributed by atoms with Gasteiger partial charge in [-0.3, -0.25) is 9.69 Å². The van der Waals surface area contributed by atoms with Crippen molar-refractivity contribution in [2.24, 2.45) is 0 Å². The number of amides is 1. The second-order valence-electron chi connectivity index (χ2n) is 6.46. The minimum atomic E-state index is 0.141. The largest absolute Gasteiger partial charge is 0.335 e. The van der Waals surface area contributed by atoms with E-state index >= 15 is 0 Å². The number of carbonyl (C=O) groups is 1. The maximum Gasteiger partial charge on any atom is 0.253 e.